The maximum absolute atomic E-state index is 11.4. The molecule has 1 N–H and O–H groups in total. The summed E-state index contributed by atoms with van der Waals surface area (Å²) in [5.74, 6) is -2.41. The summed E-state index contributed by atoms with van der Waals surface area (Å²) in [5.41, 5.74) is 1.13. The number of hydrogen-bond donors (Lipinski definition) is 1. The molecule has 6 nitrogen and oxygen atoms in total. The van der Waals surface area contributed by atoms with Crippen molar-refractivity contribution in [2.45, 2.75) is 20.8 Å². The number of aliphatic hydroxyl groups is 1. The molecule has 0 aliphatic heterocycles. The first-order valence-electron chi connectivity index (χ1n) is 6.05. The smallest absolute Gasteiger partial charge is 0.375 e. The Balaban J connectivity index is 3.03. The first-order valence-corrected chi connectivity index (χ1v) is 6.05. The van der Waals surface area contributed by atoms with Crippen LogP contribution in [0.1, 0.15) is 19.4 Å². The van der Waals surface area contributed by atoms with Crippen molar-refractivity contribution in [3.05, 3.63) is 41.3 Å². The SMILES string of the molecule is CCOC(=O)/C(O)=C(/N=Nc1ccc(C)cc1)C(C)=O. The number of esters is 1. The van der Waals surface area contributed by atoms with Gasteiger partial charge in [-0.3, -0.25) is 4.79 Å². The number of carbonyl (C=O) groups is 2. The molecular weight excluding hydrogens is 260 g/mol. The lowest BCUT2D eigenvalue weighted by atomic mass is 10.2. The van der Waals surface area contributed by atoms with Crippen LogP contribution in [0, 0.1) is 6.92 Å². The fourth-order valence-corrected chi connectivity index (χ4v) is 1.30. The number of rotatable bonds is 5. The Labute approximate surface area is 116 Å². The quantitative estimate of drug-likeness (QED) is 0.387. The van der Waals surface area contributed by atoms with E-state index in [2.05, 4.69) is 15.0 Å². The van der Waals surface area contributed by atoms with E-state index in [0.717, 1.165) is 5.56 Å². The second kappa shape index (κ2) is 7.18. The largest absolute Gasteiger partial charge is 0.500 e. The molecule has 0 heterocycles. The Kier molecular flexibility index (Phi) is 5.58. The number of ether oxygens (including phenoxy) is 1. The van der Waals surface area contributed by atoms with Gasteiger partial charge in [-0.05, 0) is 26.0 Å². The van der Waals surface area contributed by atoms with Crippen molar-refractivity contribution in [3.8, 4) is 0 Å². The molecule has 0 radical (unpaired) electrons. The van der Waals surface area contributed by atoms with Crippen LogP contribution in [0.15, 0.2) is 46.0 Å². The van der Waals surface area contributed by atoms with Crippen molar-refractivity contribution >= 4 is 17.4 Å². The van der Waals surface area contributed by atoms with Crippen molar-refractivity contribution in [2.24, 2.45) is 10.2 Å². The summed E-state index contributed by atoms with van der Waals surface area (Å²) in [7, 11) is 0. The highest BCUT2D eigenvalue weighted by Crippen LogP contribution is 2.16. The van der Waals surface area contributed by atoms with E-state index in [1.54, 1.807) is 19.1 Å². The Morgan fingerprint density at radius 2 is 1.85 bits per heavy atom. The van der Waals surface area contributed by atoms with Crippen molar-refractivity contribution in [3.63, 3.8) is 0 Å². The third-order valence-corrected chi connectivity index (χ3v) is 2.33. The van der Waals surface area contributed by atoms with Crippen LogP contribution in [0.2, 0.25) is 0 Å². The Bertz CT molecular complexity index is 559. The third-order valence-electron chi connectivity index (χ3n) is 2.33. The van der Waals surface area contributed by atoms with Gasteiger partial charge in [-0.1, -0.05) is 17.7 Å². The predicted molar refractivity (Wildman–Crippen MR) is 72.7 cm³/mol. The number of carbonyl (C=O) groups excluding carboxylic acids is 2. The molecule has 0 saturated carbocycles. The number of allylic oxidation sites excluding steroid dienone is 1. The zero-order valence-electron chi connectivity index (χ0n) is 11.6. The van der Waals surface area contributed by atoms with Crippen molar-refractivity contribution < 1.29 is 19.4 Å². The lowest BCUT2D eigenvalue weighted by Crippen LogP contribution is -2.12. The van der Waals surface area contributed by atoms with E-state index in [0.29, 0.717) is 5.69 Å². The number of Topliss-reactive ketones (excluding diaryl/α,β-unsaturated/α-hetero) is 1. The molecule has 0 spiro atoms. The minimum absolute atomic E-state index is 0.0865. The van der Waals surface area contributed by atoms with Gasteiger partial charge in [0.25, 0.3) is 0 Å². The van der Waals surface area contributed by atoms with Crippen LogP contribution in [0.4, 0.5) is 5.69 Å². The molecule has 20 heavy (non-hydrogen) atoms. The van der Waals surface area contributed by atoms with Crippen LogP contribution in [-0.2, 0) is 14.3 Å². The summed E-state index contributed by atoms with van der Waals surface area (Å²) in [4.78, 5) is 22.8. The molecule has 0 amide bonds. The standard InChI is InChI=1S/C14H16N2O4/c1-4-20-14(19)13(18)12(10(3)17)16-15-11-7-5-9(2)6-8-11/h5-8,18H,4H2,1-3H3/b13-12-,16-15?. The molecule has 0 unspecified atom stereocenters. The highest BCUT2D eigenvalue weighted by Gasteiger charge is 2.19. The van der Waals surface area contributed by atoms with E-state index in [4.69, 9.17) is 0 Å². The van der Waals surface area contributed by atoms with Crippen LogP contribution >= 0.6 is 0 Å². The fourth-order valence-electron chi connectivity index (χ4n) is 1.30. The van der Waals surface area contributed by atoms with E-state index in [1.165, 1.54) is 6.92 Å². The topological polar surface area (TPSA) is 88.3 Å². The third kappa shape index (κ3) is 4.31. The van der Waals surface area contributed by atoms with Crippen LogP contribution < -0.4 is 0 Å². The molecule has 1 rings (SSSR count). The molecule has 1 aromatic rings. The summed E-state index contributed by atoms with van der Waals surface area (Å²) in [5, 5.41) is 17.1. The molecule has 0 atom stereocenters. The van der Waals surface area contributed by atoms with Gasteiger partial charge in [0.15, 0.2) is 11.5 Å². The maximum Gasteiger partial charge on any atom is 0.375 e. The highest BCUT2D eigenvalue weighted by atomic mass is 16.5. The zero-order chi connectivity index (χ0) is 15.1. The summed E-state index contributed by atoms with van der Waals surface area (Å²) in [6.45, 7) is 4.78. The number of benzene rings is 1. The lowest BCUT2D eigenvalue weighted by Gasteiger charge is -2.02. The summed E-state index contributed by atoms with van der Waals surface area (Å²) in [6, 6.07) is 7.07. The Hall–Kier alpha value is -2.50. The summed E-state index contributed by atoms with van der Waals surface area (Å²) < 4.78 is 4.60. The van der Waals surface area contributed by atoms with Gasteiger partial charge in [-0.15, -0.1) is 5.11 Å². The highest BCUT2D eigenvalue weighted by molar-refractivity contribution is 6.00. The van der Waals surface area contributed by atoms with E-state index >= 15 is 0 Å². The average molecular weight is 276 g/mol. The van der Waals surface area contributed by atoms with Crippen LogP contribution in [0.25, 0.3) is 0 Å². The van der Waals surface area contributed by atoms with E-state index < -0.39 is 23.2 Å². The lowest BCUT2D eigenvalue weighted by molar-refractivity contribution is -0.142. The Morgan fingerprint density at radius 3 is 2.35 bits per heavy atom. The van der Waals surface area contributed by atoms with Gasteiger partial charge < -0.3 is 9.84 Å². The number of ketones is 1. The van der Waals surface area contributed by atoms with Gasteiger partial charge in [0.05, 0.1) is 12.3 Å². The molecule has 0 fully saturated rings. The van der Waals surface area contributed by atoms with Gasteiger partial charge in [0.1, 0.15) is 0 Å². The van der Waals surface area contributed by atoms with E-state index in [9.17, 15) is 14.7 Å². The average Bonchev–Trinajstić information content (AvgIpc) is 2.40. The van der Waals surface area contributed by atoms with Gasteiger partial charge in [-0.2, -0.15) is 5.11 Å². The molecule has 6 heteroatoms. The number of aryl methyl sites for hydroxylation is 1. The number of hydrogen-bond acceptors (Lipinski definition) is 6. The van der Waals surface area contributed by atoms with Crippen molar-refractivity contribution in [1.82, 2.24) is 0 Å². The molecule has 0 aromatic heterocycles. The van der Waals surface area contributed by atoms with E-state index in [-0.39, 0.29) is 6.61 Å². The summed E-state index contributed by atoms with van der Waals surface area (Å²) >= 11 is 0. The minimum atomic E-state index is -0.999. The fraction of sp³-hybridized carbons (Fsp3) is 0.286. The minimum Gasteiger partial charge on any atom is -0.500 e. The maximum atomic E-state index is 11.4. The number of nitrogens with zero attached hydrogens (tertiary/aromatic N) is 2. The van der Waals surface area contributed by atoms with Gasteiger partial charge in [0, 0.05) is 6.92 Å². The molecule has 106 valence electrons. The van der Waals surface area contributed by atoms with Gasteiger partial charge in [-0.25, -0.2) is 4.79 Å². The monoisotopic (exact) mass is 276 g/mol. The molecule has 0 aliphatic carbocycles. The zero-order valence-corrected chi connectivity index (χ0v) is 11.6. The number of azo groups is 1. The molecule has 0 saturated heterocycles. The van der Waals surface area contributed by atoms with Crippen LogP contribution in [0.5, 0.6) is 0 Å². The Morgan fingerprint density at radius 1 is 1.25 bits per heavy atom. The first kappa shape index (κ1) is 15.6. The first-order chi connectivity index (χ1) is 9.45. The normalized spacial score (nSPS) is 12.2. The van der Waals surface area contributed by atoms with Gasteiger partial charge in [0.2, 0.25) is 5.76 Å². The number of aliphatic hydroxyl groups excluding tert-OH is 1. The molecule has 0 aliphatic rings. The van der Waals surface area contributed by atoms with Crippen molar-refractivity contribution in [1.29, 1.82) is 0 Å². The summed E-state index contributed by atoms with van der Waals surface area (Å²) in [6.07, 6.45) is 0. The van der Waals surface area contributed by atoms with Gasteiger partial charge >= 0.3 is 5.97 Å². The van der Waals surface area contributed by atoms with Crippen LogP contribution in [0.3, 0.4) is 0 Å². The second-order valence-corrected chi connectivity index (χ2v) is 4.01. The molecule has 1 aromatic carbocycles. The predicted octanol–water partition coefficient (Wildman–Crippen LogP) is 3.00. The molecule has 0 bridgehead atoms. The van der Waals surface area contributed by atoms with E-state index in [1.807, 2.05) is 19.1 Å². The second-order valence-electron chi connectivity index (χ2n) is 4.01. The van der Waals surface area contributed by atoms with Crippen molar-refractivity contribution in [2.75, 3.05) is 6.61 Å². The molecular formula is C14H16N2O4. The van der Waals surface area contributed by atoms with Crippen LogP contribution in [-0.4, -0.2) is 23.5 Å².